The van der Waals surface area contributed by atoms with E-state index < -0.39 is 13.8 Å². The summed E-state index contributed by atoms with van der Waals surface area (Å²) in [6.45, 7) is 1.58. The summed E-state index contributed by atoms with van der Waals surface area (Å²) in [5.41, 5.74) is 0. The summed E-state index contributed by atoms with van der Waals surface area (Å²) in [6.07, 6.45) is 0.136. The van der Waals surface area contributed by atoms with Crippen LogP contribution in [0.5, 0.6) is 0 Å². The molecular formula is C5H11O5P. The summed E-state index contributed by atoms with van der Waals surface area (Å²) >= 11 is 0. The van der Waals surface area contributed by atoms with E-state index >= 15 is 0 Å². The Labute approximate surface area is 65.3 Å². The van der Waals surface area contributed by atoms with Crippen LogP contribution in [0.2, 0.25) is 0 Å². The van der Waals surface area contributed by atoms with Crippen LogP contribution < -0.4 is 0 Å². The Morgan fingerprint density at radius 3 is 2.09 bits per heavy atom. The van der Waals surface area contributed by atoms with Gasteiger partial charge in [-0.2, -0.15) is 0 Å². The molecule has 66 valence electrons. The molecule has 0 aliphatic rings. The second kappa shape index (κ2) is 4.49. The van der Waals surface area contributed by atoms with Gasteiger partial charge in [0.1, 0.15) is 0 Å². The van der Waals surface area contributed by atoms with Gasteiger partial charge in [-0.15, -0.1) is 0 Å². The molecule has 0 saturated heterocycles. The molecule has 0 N–H and O–H groups in total. The lowest BCUT2D eigenvalue weighted by Crippen LogP contribution is -2.02. The number of rotatable bonds is 4. The van der Waals surface area contributed by atoms with Crippen molar-refractivity contribution in [2.45, 2.75) is 13.3 Å². The highest BCUT2D eigenvalue weighted by Gasteiger charge is 2.26. The van der Waals surface area contributed by atoms with E-state index in [1.54, 1.807) is 6.92 Å². The van der Waals surface area contributed by atoms with Crippen LogP contribution in [-0.2, 0) is 22.9 Å². The summed E-state index contributed by atoms with van der Waals surface area (Å²) in [5.74, 6) is -0.614. The zero-order valence-electron chi connectivity index (χ0n) is 6.70. The summed E-state index contributed by atoms with van der Waals surface area (Å²) < 4.78 is 24.1. The van der Waals surface area contributed by atoms with Gasteiger partial charge >= 0.3 is 13.8 Å². The fourth-order valence-electron chi connectivity index (χ4n) is 0.338. The molecule has 11 heavy (non-hydrogen) atoms. The maximum Gasteiger partial charge on any atom is 0.531 e. The van der Waals surface area contributed by atoms with Gasteiger partial charge in [0.05, 0.1) is 0 Å². The molecule has 6 heteroatoms. The third-order valence-electron chi connectivity index (χ3n) is 0.950. The van der Waals surface area contributed by atoms with Crippen molar-refractivity contribution >= 4 is 13.8 Å². The smallest absolute Gasteiger partial charge is 0.371 e. The molecule has 0 aliphatic carbocycles. The zero-order valence-corrected chi connectivity index (χ0v) is 7.59. The Kier molecular flexibility index (Phi) is 4.33. The average Bonchev–Trinajstić information content (AvgIpc) is 2.04. The van der Waals surface area contributed by atoms with Gasteiger partial charge in [-0.1, -0.05) is 6.92 Å². The molecule has 0 fully saturated rings. The second-order valence-corrected chi connectivity index (χ2v) is 3.44. The highest BCUT2D eigenvalue weighted by atomic mass is 31.2. The van der Waals surface area contributed by atoms with E-state index in [1.807, 2.05) is 0 Å². The van der Waals surface area contributed by atoms with Gasteiger partial charge in [0.2, 0.25) is 0 Å². The Hall–Kier alpha value is -0.380. The van der Waals surface area contributed by atoms with Gasteiger partial charge in [0.15, 0.2) is 0 Å². The second-order valence-electron chi connectivity index (χ2n) is 1.63. The third kappa shape index (κ3) is 3.51. The molecule has 0 bridgehead atoms. The van der Waals surface area contributed by atoms with E-state index in [-0.39, 0.29) is 6.42 Å². The lowest BCUT2D eigenvalue weighted by Gasteiger charge is -2.11. The maximum atomic E-state index is 11.0. The molecule has 0 spiro atoms. The van der Waals surface area contributed by atoms with Crippen molar-refractivity contribution in [2.75, 3.05) is 14.2 Å². The molecule has 0 rings (SSSR count). The predicted molar refractivity (Wildman–Crippen MR) is 38.0 cm³/mol. The first-order chi connectivity index (χ1) is 5.08. The van der Waals surface area contributed by atoms with Crippen molar-refractivity contribution in [2.24, 2.45) is 0 Å². The van der Waals surface area contributed by atoms with Crippen LogP contribution in [0.15, 0.2) is 0 Å². The fraction of sp³-hybridized carbons (Fsp3) is 0.800. The molecular weight excluding hydrogens is 171 g/mol. The molecule has 0 aliphatic heterocycles. The quantitative estimate of drug-likeness (QED) is 0.614. The first-order valence-corrected chi connectivity index (χ1v) is 4.48. The predicted octanol–water partition coefficient (Wildman–Crippen LogP) is 1.34. The molecule has 0 heterocycles. The number of phosphoric ester groups is 1. The van der Waals surface area contributed by atoms with Gasteiger partial charge < -0.3 is 4.52 Å². The summed E-state index contributed by atoms with van der Waals surface area (Å²) in [5, 5.41) is 0. The third-order valence-corrected chi connectivity index (χ3v) is 2.27. The standard InChI is InChI=1S/C5H11O5P/c1-4-5(6)10-11(7,8-2)9-3/h4H2,1-3H3. The fourth-order valence-corrected chi connectivity index (χ4v) is 1.01. The zero-order chi connectivity index (χ0) is 8.91. The van der Waals surface area contributed by atoms with Crippen LogP contribution >= 0.6 is 7.82 Å². The Bertz CT molecular complexity index is 170. The van der Waals surface area contributed by atoms with Crippen LogP contribution in [0.3, 0.4) is 0 Å². The van der Waals surface area contributed by atoms with Gasteiger partial charge in [-0.25, -0.2) is 4.57 Å². The van der Waals surface area contributed by atoms with Crippen molar-refractivity contribution in [3.8, 4) is 0 Å². The molecule has 0 unspecified atom stereocenters. The van der Waals surface area contributed by atoms with Gasteiger partial charge in [0, 0.05) is 20.6 Å². The van der Waals surface area contributed by atoms with Crippen molar-refractivity contribution in [1.29, 1.82) is 0 Å². The number of phosphoric acid groups is 1. The summed E-state index contributed by atoms with van der Waals surface area (Å²) in [6, 6.07) is 0. The van der Waals surface area contributed by atoms with E-state index in [0.29, 0.717) is 0 Å². The minimum atomic E-state index is -3.60. The van der Waals surface area contributed by atoms with E-state index in [2.05, 4.69) is 13.6 Å². The van der Waals surface area contributed by atoms with Gasteiger partial charge in [-0.3, -0.25) is 13.8 Å². The van der Waals surface area contributed by atoms with Crippen LogP contribution in [-0.4, -0.2) is 20.2 Å². The molecule has 0 aromatic rings. The van der Waals surface area contributed by atoms with Crippen LogP contribution in [0.1, 0.15) is 13.3 Å². The van der Waals surface area contributed by atoms with E-state index in [1.165, 1.54) is 0 Å². The minimum Gasteiger partial charge on any atom is -0.371 e. The van der Waals surface area contributed by atoms with Crippen LogP contribution in [0, 0.1) is 0 Å². The van der Waals surface area contributed by atoms with Crippen LogP contribution in [0.25, 0.3) is 0 Å². The number of hydrogen-bond donors (Lipinski definition) is 0. The normalized spacial score (nSPS) is 11.2. The van der Waals surface area contributed by atoms with Crippen molar-refractivity contribution in [3.05, 3.63) is 0 Å². The van der Waals surface area contributed by atoms with Gasteiger partial charge in [-0.05, 0) is 0 Å². The summed E-state index contributed by atoms with van der Waals surface area (Å²) in [4.78, 5) is 10.6. The molecule has 0 atom stereocenters. The van der Waals surface area contributed by atoms with E-state index in [9.17, 15) is 9.36 Å². The van der Waals surface area contributed by atoms with Crippen molar-refractivity contribution in [3.63, 3.8) is 0 Å². The number of carbonyl (C=O) groups excluding carboxylic acids is 1. The van der Waals surface area contributed by atoms with Crippen molar-refractivity contribution < 1.29 is 22.9 Å². The highest BCUT2D eigenvalue weighted by Crippen LogP contribution is 2.47. The maximum absolute atomic E-state index is 11.0. The largest absolute Gasteiger partial charge is 0.531 e. The molecule has 5 nitrogen and oxygen atoms in total. The molecule has 0 radical (unpaired) electrons. The number of carbonyl (C=O) groups is 1. The van der Waals surface area contributed by atoms with E-state index in [4.69, 9.17) is 0 Å². The molecule has 0 saturated carbocycles. The van der Waals surface area contributed by atoms with Gasteiger partial charge in [0.25, 0.3) is 0 Å². The van der Waals surface area contributed by atoms with E-state index in [0.717, 1.165) is 14.2 Å². The SMILES string of the molecule is CCC(=O)OP(=O)(OC)OC. The average molecular weight is 182 g/mol. The minimum absolute atomic E-state index is 0.136. The van der Waals surface area contributed by atoms with Crippen molar-refractivity contribution in [1.82, 2.24) is 0 Å². The molecule has 0 amide bonds. The topological polar surface area (TPSA) is 61.8 Å². The first-order valence-electron chi connectivity index (χ1n) is 3.02. The number of hydrogen-bond acceptors (Lipinski definition) is 5. The van der Waals surface area contributed by atoms with Crippen LogP contribution in [0.4, 0.5) is 0 Å². The Morgan fingerprint density at radius 2 is 1.82 bits per heavy atom. The summed E-state index contributed by atoms with van der Waals surface area (Å²) in [7, 11) is -1.31. The lowest BCUT2D eigenvalue weighted by atomic mass is 10.5. The molecule has 0 aromatic heterocycles. The highest BCUT2D eigenvalue weighted by molar-refractivity contribution is 7.49. The Morgan fingerprint density at radius 1 is 1.36 bits per heavy atom. The molecule has 0 aromatic carbocycles. The lowest BCUT2D eigenvalue weighted by molar-refractivity contribution is -0.135. The monoisotopic (exact) mass is 182 g/mol. The first kappa shape index (κ1) is 10.6. The Balaban J connectivity index is 4.09.